The topological polar surface area (TPSA) is 64.0 Å². The Hall–Kier alpha value is -3.09. The van der Waals surface area contributed by atoms with Crippen LogP contribution in [0.4, 0.5) is 0 Å². The normalized spacial score (nSPS) is 16.1. The van der Waals surface area contributed by atoms with Gasteiger partial charge in [0.1, 0.15) is 0 Å². The first-order valence-corrected chi connectivity index (χ1v) is 12.6. The fraction of sp³-hybridized carbons (Fsp3) is 0.222. The summed E-state index contributed by atoms with van der Waals surface area (Å²) in [5, 5.41) is 4.26. The number of rotatable bonds is 5. The van der Waals surface area contributed by atoms with Crippen molar-refractivity contribution in [1.29, 1.82) is 0 Å². The molecule has 0 unspecified atom stereocenters. The molecule has 5 rings (SSSR count). The predicted octanol–water partition coefficient (Wildman–Crippen LogP) is 5.71. The van der Waals surface area contributed by atoms with Gasteiger partial charge in [-0.2, -0.15) is 0 Å². The summed E-state index contributed by atoms with van der Waals surface area (Å²) in [7, 11) is 0. The third kappa shape index (κ3) is 4.48. The molecule has 1 aliphatic rings. The summed E-state index contributed by atoms with van der Waals surface area (Å²) in [6.07, 6.45) is 3.01. The quantitative estimate of drug-likeness (QED) is 0.288. The van der Waals surface area contributed by atoms with Gasteiger partial charge in [0.15, 0.2) is 5.16 Å². The summed E-state index contributed by atoms with van der Waals surface area (Å²) >= 11 is 7.49. The maximum atomic E-state index is 13.4. The highest BCUT2D eigenvalue weighted by molar-refractivity contribution is 8.00. The van der Waals surface area contributed by atoms with E-state index >= 15 is 0 Å². The zero-order valence-corrected chi connectivity index (χ0v) is 20.3. The van der Waals surface area contributed by atoms with Gasteiger partial charge in [-0.05, 0) is 67.6 Å². The number of aryl methyl sites for hydroxylation is 1. The first kappa shape index (κ1) is 22.7. The van der Waals surface area contributed by atoms with Crippen molar-refractivity contribution < 1.29 is 4.79 Å². The maximum absolute atomic E-state index is 13.4. The van der Waals surface area contributed by atoms with Gasteiger partial charge in [-0.15, -0.1) is 0 Å². The van der Waals surface area contributed by atoms with Crippen LogP contribution in [0, 0.1) is 0 Å². The number of fused-ring (bicyclic) bond motifs is 2. The minimum absolute atomic E-state index is 0.000172. The molecule has 1 aliphatic carbocycles. The van der Waals surface area contributed by atoms with Gasteiger partial charge in [-0.25, -0.2) is 4.98 Å². The molecule has 0 radical (unpaired) electrons. The Balaban J connectivity index is 1.47. The highest BCUT2D eigenvalue weighted by Gasteiger charge is 2.25. The number of hydrogen-bond acceptors (Lipinski definition) is 4. The molecule has 1 N–H and O–H groups in total. The van der Waals surface area contributed by atoms with Gasteiger partial charge in [-0.3, -0.25) is 14.2 Å². The van der Waals surface area contributed by atoms with Crippen LogP contribution in [0.3, 0.4) is 0 Å². The van der Waals surface area contributed by atoms with Crippen molar-refractivity contribution in [2.75, 3.05) is 0 Å². The molecule has 0 fully saturated rings. The molecule has 3 aromatic carbocycles. The second-order valence-electron chi connectivity index (χ2n) is 8.44. The van der Waals surface area contributed by atoms with Gasteiger partial charge in [0, 0.05) is 5.02 Å². The van der Waals surface area contributed by atoms with E-state index < -0.39 is 5.25 Å². The van der Waals surface area contributed by atoms with E-state index in [4.69, 9.17) is 16.6 Å². The van der Waals surface area contributed by atoms with Crippen molar-refractivity contribution in [3.8, 4) is 5.69 Å². The Morgan fingerprint density at radius 1 is 1.12 bits per heavy atom. The molecule has 0 saturated heterocycles. The molecule has 34 heavy (non-hydrogen) atoms. The lowest BCUT2D eigenvalue weighted by Crippen LogP contribution is -2.36. The van der Waals surface area contributed by atoms with E-state index in [1.165, 1.54) is 22.9 Å². The number of benzene rings is 3. The first-order chi connectivity index (χ1) is 16.5. The van der Waals surface area contributed by atoms with Crippen molar-refractivity contribution in [2.45, 2.75) is 42.6 Å². The second-order valence-corrected chi connectivity index (χ2v) is 10.2. The summed E-state index contributed by atoms with van der Waals surface area (Å²) < 4.78 is 1.54. The number of amides is 1. The summed E-state index contributed by atoms with van der Waals surface area (Å²) in [4.78, 5) is 31.4. The summed E-state index contributed by atoms with van der Waals surface area (Å²) in [6.45, 7) is 1.85. The smallest absolute Gasteiger partial charge is 0.266 e. The van der Waals surface area contributed by atoms with Crippen molar-refractivity contribution in [2.24, 2.45) is 0 Å². The van der Waals surface area contributed by atoms with Crippen LogP contribution >= 0.6 is 23.4 Å². The average molecular weight is 490 g/mol. The molecule has 4 aromatic rings. The van der Waals surface area contributed by atoms with Gasteiger partial charge in [0.25, 0.3) is 5.56 Å². The molecule has 2 atom stereocenters. The fourth-order valence-corrected chi connectivity index (χ4v) is 5.56. The third-order valence-electron chi connectivity index (χ3n) is 6.15. The Bertz CT molecular complexity index is 1440. The molecule has 172 valence electrons. The molecule has 1 aromatic heterocycles. The maximum Gasteiger partial charge on any atom is 0.266 e. The highest BCUT2D eigenvalue weighted by atomic mass is 35.5. The van der Waals surface area contributed by atoms with E-state index in [1.54, 1.807) is 28.8 Å². The van der Waals surface area contributed by atoms with Crippen LogP contribution in [0.2, 0.25) is 5.02 Å². The fourth-order valence-electron chi connectivity index (χ4n) is 4.44. The summed E-state index contributed by atoms with van der Waals surface area (Å²) in [6, 6.07) is 22.6. The van der Waals surface area contributed by atoms with Gasteiger partial charge in [-0.1, -0.05) is 65.8 Å². The van der Waals surface area contributed by atoms with Gasteiger partial charge in [0.05, 0.1) is 27.9 Å². The minimum Gasteiger partial charge on any atom is -0.348 e. The number of nitrogens with zero attached hydrogens (tertiary/aromatic N) is 2. The van der Waals surface area contributed by atoms with E-state index in [-0.39, 0.29) is 17.5 Å². The van der Waals surface area contributed by atoms with E-state index in [2.05, 4.69) is 17.4 Å². The molecule has 0 aliphatic heterocycles. The van der Waals surface area contributed by atoms with Gasteiger partial charge < -0.3 is 5.32 Å². The van der Waals surface area contributed by atoms with Crippen LogP contribution in [-0.2, 0) is 11.2 Å². The lowest BCUT2D eigenvalue weighted by molar-refractivity contribution is -0.121. The van der Waals surface area contributed by atoms with Gasteiger partial charge >= 0.3 is 0 Å². The number of hydrogen-bond donors (Lipinski definition) is 1. The number of thioether (sulfide) groups is 1. The molecule has 0 spiro atoms. The Morgan fingerprint density at radius 2 is 1.91 bits per heavy atom. The number of para-hydroxylation sites is 1. The third-order valence-corrected chi connectivity index (χ3v) is 7.44. The lowest BCUT2D eigenvalue weighted by Gasteiger charge is -2.27. The van der Waals surface area contributed by atoms with Gasteiger partial charge in [0.2, 0.25) is 5.91 Å². The lowest BCUT2D eigenvalue weighted by atomic mass is 9.88. The largest absolute Gasteiger partial charge is 0.348 e. The Morgan fingerprint density at radius 3 is 2.76 bits per heavy atom. The molecular formula is C27H24ClN3O2S. The van der Waals surface area contributed by atoms with Crippen LogP contribution < -0.4 is 10.9 Å². The average Bonchev–Trinajstić information content (AvgIpc) is 2.84. The van der Waals surface area contributed by atoms with Crippen molar-refractivity contribution in [3.05, 3.63) is 99.3 Å². The number of aromatic nitrogens is 2. The van der Waals surface area contributed by atoms with Crippen LogP contribution in [-0.4, -0.2) is 20.7 Å². The van der Waals surface area contributed by atoms with Crippen molar-refractivity contribution >= 4 is 40.2 Å². The van der Waals surface area contributed by atoms with Crippen LogP contribution in [0.5, 0.6) is 0 Å². The summed E-state index contributed by atoms with van der Waals surface area (Å²) in [5.41, 5.74) is 3.52. The number of nitrogens with one attached hydrogen (secondary N) is 1. The standard InChI is InChI=1S/C27H24ClN3O2S/c1-17(25(32)29-23-15-6-9-18-8-2-3-12-21(18)23)34-27-30-24-14-5-4-13-22(24)26(33)31(27)20-11-7-10-19(28)16-20/h2-5,7-8,10-14,16-17,23H,6,9,15H2,1H3,(H,29,32)/t17-,23-/m1/s1. The highest BCUT2D eigenvalue weighted by Crippen LogP contribution is 2.31. The van der Waals surface area contributed by atoms with Crippen molar-refractivity contribution in [3.63, 3.8) is 0 Å². The monoisotopic (exact) mass is 489 g/mol. The van der Waals surface area contributed by atoms with Crippen LogP contribution in [0.25, 0.3) is 16.6 Å². The summed E-state index contributed by atoms with van der Waals surface area (Å²) in [5.74, 6) is -0.0771. The SMILES string of the molecule is C[C@@H](Sc1nc2ccccc2c(=O)n1-c1cccc(Cl)c1)C(=O)N[C@@H]1CCCc2ccccc21. The second kappa shape index (κ2) is 9.65. The molecule has 1 amide bonds. The Kier molecular flexibility index (Phi) is 6.44. The van der Waals surface area contributed by atoms with Crippen molar-refractivity contribution in [1.82, 2.24) is 14.9 Å². The van der Waals surface area contributed by atoms with E-state index in [0.29, 0.717) is 26.8 Å². The van der Waals surface area contributed by atoms with E-state index in [1.807, 2.05) is 43.3 Å². The molecule has 5 nitrogen and oxygen atoms in total. The number of carbonyl (C=O) groups excluding carboxylic acids is 1. The number of carbonyl (C=O) groups is 1. The molecular weight excluding hydrogens is 466 g/mol. The minimum atomic E-state index is -0.451. The molecule has 1 heterocycles. The van der Waals surface area contributed by atoms with E-state index in [0.717, 1.165) is 19.3 Å². The zero-order valence-electron chi connectivity index (χ0n) is 18.7. The first-order valence-electron chi connectivity index (χ1n) is 11.3. The van der Waals surface area contributed by atoms with E-state index in [9.17, 15) is 9.59 Å². The number of halogens is 1. The molecule has 0 saturated carbocycles. The Labute approximate surface area is 207 Å². The molecule has 7 heteroatoms. The van der Waals surface area contributed by atoms with Crippen LogP contribution in [0.15, 0.2) is 82.7 Å². The zero-order chi connectivity index (χ0) is 23.7. The molecule has 0 bridgehead atoms. The van der Waals surface area contributed by atoms with Crippen LogP contribution in [0.1, 0.15) is 36.9 Å². The predicted molar refractivity (Wildman–Crippen MR) is 138 cm³/mol.